The standard InChI is InChI=1S/C33H45NO14S/c1-15(2)9-19(35)46-22-24-32-14-45-33(24,28(40)43-7)25(38)21(37)23(32)29(5)12-31(13-44-31)26(47-20(36)10-16(3)34-49(8,41)42)17(4)18(29)11-30(32,6)48-27(22)39/h9,16,18,21-25,34,37-38H,10-14H2,1-8H3/t16-,18-,21+,22+,23?,24+,25-,29-,30+,31?,32?,33-/m0/s1. The van der Waals surface area contributed by atoms with Crippen molar-refractivity contribution in [1.82, 2.24) is 4.72 Å². The molecule has 0 aromatic heterocycles. The number of aliphatic hydroxyl groups is 2. The first-order chi connectivity index (χ1) is 22.6. The van der Waals surface area contributed by atoms with Crippen LogP contribution in [0.3, 0.4) is 0 Å². The summed E-state index contributed by atoms with van der Waals surface area (Å²) in [6.45, 7) is 10.2. The summed E-state index contributed by atoms with van der Waals surface area (Å²) in [7, 11) is -2.47. The molecule has 6 rings (SSSR count). The first-order valence-corrected chi connectivity index (χ1v) is 18.2. The van der Waals surface area contributed by atoms with E-state index in [1.54, 1.807) is 27.7 Å². The van der Waals surface area contributed by atoms with Gasteiger partial charge in [-0.05, 0) is 64.4 Å². The Bertz CT molecular complexity index is 1660. The van der Waals surface area contributed by atoms with Crippen LogP contribution < -0.4 is 4.72 Å². The lowest BCUT2D eigenvalue weighted by Gasteiger charge is -2.71. The second-order valence-corrected chi connectivity index (χ2v) is 17.2. The summed E-state index contributed by atoms with van der Waals surface area (Å²) in [5.74, 6) is -5.97. The fourth-order valence-electron chi connectivity index (χ4n) is 10.3. The number of carbonyl (C=O) groups is 4. The van der Waals surface area contributed by atoms with Gasteiger partial charge in [0.05, 0.1) is 45.0 Å². The van der Waals surface area contributed by atoms with Crippen LogP contribution in [0.15, 0.2) is 23.0 Å². The van der Waals surface area contributed by atoms with E-state index in [1.807, 2.05) is 6.92 Å². The minimum absolute atomic E-state index is 0.134. The van der Waals surface area contributed by atoms with E-state index in [0.717, 1.165) is 13.4 Å². The van der Waals surface area contributed by atoms with E-state index in [-0.39, 0.29) is 38.2 Å². The number of hydrogen-bond donors (Lipinski definition) is 3. The highest BCUT2D eigenvalue weighted by molar-refractivity contribution is 7.88. The molecule has 3 saturated heterocycles. The lowest BCUT2D eigenvalue weighted by molar-refractivity contribution is -0.317. The topological polar surface area (TPSA) is 214 Å². The van der Waals surface area contributed by atoms with Crippen molar-refractivity contribution in [2.75, 3.05) is 26.6 Å². The van der Waals surface area contributed by atoms with Crippen molar-refractivity contribution < 1.29 is 66.2 Å². The Hall–Kier alpha value is -2.89. The van der Waals surface area contributed by atoms with Gasteiger partial charge in [-0.2, -0.15) is 0 Å². The number of carbonyl (C=O) groups excluding carboxylic acids is 4. The molecule has 0 radical (unpaired) electrons. The Labute approximate surface area is 284 Å². The zero-order chi connectivity index (χ0) is 36.3. The maximum atomic E-state index is 14.0. The fraction of sp³-hybridized carbons (Fsp3) is 0.758. The van der Waals surface area contributed by atoms with Crippen LogP contribution in [0.4, 0.5) is 0 Å². The molecular formula is C33H45NO14S. The Morgan fingerprint density at radius 3 is 2.35 bits per heavy atom. The van der Waals surface area contributed by atoms with Crippen LogP contribution in [0.1, 0.15) is 60.8 Å². The van der Waals surface area contributed by atoms with Gasteiger partial charge in [0.15, 0.2) is 0 Å². The van der Waals surface area contributed by atoms with E-state index < -0.39 is 104 Å². The molecule has 16 heteroatoms. The Balaban J connectivity index is 1.47. The molecular weight excluding hydrogens is 666 g/mol. The molecule has 0 aromatic carbocycles. The van der Waals surface area contributed by atoms with Gasteiger partial charge >= 0.3 is 23.9 Å². The third-order valence-corrected chi connectivity index (χ3v) is 12.7. The Kier molecular flexibility index (Phi) is 8.29. The molecule has 2 saturated carbocycles. The number of rotatable bonds is 8. The summed E-state index contributed by atoms with van der Waals surface area (Å²) in [6.07, 6.45) is -2.91. The maximum absolute atomic E-state index is 14.0. The minimum Gasteiger partial charge on any atom is -0.467 e. The molecule has 2 spiro atoms. The molecule has 0 aromatic rings. The number of sulfonamides is 1. The molecule has 6 aliphatic rings. The van der Waals surface area contributed by atoms with Crippen molar-refractivity contribution >= 4 is 33.9 Å². The highest BCUT2D eigenvalue weighted by atomic mass is 32.2. The maximum Gasteiger partial charge on any atom is 0.348 e. The molecule has 272 valence electrons. The van der Waals surface area contributed by atoms with Gasteiger partial charge in [-0.15, -0.1) is 0 Å². The summed E-state index contributed by atoms with van der Waals surface area (Å²) in [5, 5.41) is 24.1. The van der Waals surface area contributed by atoms with E-state index in [9.17, 15) is 37.8 Å². The number of epoxide rings is 1. The van der Waals surface area contributed by atoms with Crippen molar-refractivity contribution in [2.45, 2.75) is 102 Å². The van der Waals surface area contributed by atoms with Gasteiger partial charge < -0.3 is 38.6 Å². The van der Waals surface area contributed by atoms with Crippen molar-refractivity contribution in [1.29, 1.82) is 0 Å². The Morgan fingerprint density at radius 2 is 1.78 bits per heavy atom. The van der Waals surface area contributed by atoms with E-state index in [1.165, 1.54) is 13.0 Å². The second-order valence-electron chi connectivity index (χ2n) is 15.4. The summed E-state index contributed by atoms with van der Waals surface area (Å²) >= 11 is 0. The number of nitrogens with one attached hydrogen (secondary N) is 1. The zero-order valence-corrected chi connectivity index (χ0v) is 29.7. The molecule has 49 heavy (non-hydrogen) atoms. The lowest BCUT2D eigenvalue weighted by Crippen LogP contribution is -2.82. The first kappa shape index (κ1) is 35.9. The van der Waals surface area contributed by atoms with Crippen LogP contribution in [0.5, 0.6) is 0 Å². The highest BCUT2D eigenvalue weighted by Crippen LogP contribution is 2.77. The molecule has 5 fully saturated rings. The average Bonchev–Trinajstić information content (AvgIpc) is 3.66. The quantitative estimate of drug-likeness (QED) is 0.135. The number of ether oxygens (including phenoxy) is 6. The van der Waals surface area contributed by atoms with Gasteiger partial charge in [0, 0.05) is 23.5 Å². The summed E-state index contributed by atoms with van der Waals surface area (Å²) in [4.78, 5) is 53.8. The molecule has 3 aliphatic heterocycles. The largest absolute Gasteiger partial charge is 0.467 e. The highest BCUT2D eigenvalue weighted by Gasteiger charge is 2.88. The van der Waals surface area contributed by atoms with Crippen molar-refractivity contribution in [2.24, 2.45) is 28.6 Å². The number of esters is 4. The van der Waals surface area contributed by atoms with Crippen LogP contribution in [-0.2, 0) is 57.6 Å². The number of allylic oxidation sites excluding steroid dienone is 2. The first-order valence-electron chi connectivity index (χ1n) is 16.3. The smallest absolute Gasteiger partial charge is 0.348 e. The van der Waals surface area contributed by atoms with Crippen LogP contribution in [-0.4, -0.2) is 110 Å². The minimum atomic E-state index is -3.57. The number of hydrogen-bond acceptors (Lipinski definition) is 14. The van der Waals surface area contributed by atoms with Crippen LogP contribution in [0.2, 0.25) is 0 Å². The zero-order valence-electron chi connectivity index (χ0n) is 28.9. The summed E-state index contributed by atoms with van der Waals surface area (Å²) in [6, 6.07) is -0.740. The molecule has 2 bridgehead atoms. The molecule has 0 amide bonds. The molecule has 3 heterocycles. The normalized spacial score (nSPS) is 43.8. The molecule has 3 aliphatic carbocycles. The van der Waals surface area contributed by atoms with E-state index in [0.29, 0.717) is 11.1 Å². The number of fused-ring (bicyclic) bond motifs is 2. The van der Waals surface area contributed by atoms with Gasteiger partial charge in [-0.1, -0.05) is 12.5 Å². The monoisotopic (exact) mass is 711 g/mol. The number of aliphatic hydroxyl groups excluding tert-OH is 2. The average molecular weight is 712 g/mol. The fourth-order valence-corrected chi connectivity index (χ4v) is 11.2. The van der Waals surface area contributed by atoms with Crippen molar-refractivity contribution in [3.63, 3.8) is 0 Å². The van der Waals surface area contributed by atoms with E-state index in [4.69, 9.17) is 28.4 Å². The molecule has 12 atom stereocenters. The Morgan fingerprint density at radius 1 is 1.12 bits per heavy atom. The predicted octanol–water partition coefficient (Wildman–Crippen LogP) is 0.420. The summed E-state index contributed by atoms with van der Waals surface area (Å²) < 4.78 is 61.0. The third kappa shape index (κ3) is 5.03. The van der Waals surface area contributed by atoms with Crippen molar-refractivity contribution in [3.05, 3.63) is 23.0 Å². The van der Waals surface area contributed by atoms with Crippen LogP contribution >= 0.6 is 0 Å². The van der Waals surface area contributed by atoms with Crippen LogP contribution in [0, 0.1) is 28.6 Å². The molecule has 3 N–H and O–H groups in total. The van der Waals surface area contributed by atoms with Gasteiger partial charge in [0.2, 0.25) is 21.7 Å². The van der Waals surface area contributed by atoms with E-state index in [2.05, 4.69) is 4.72 Å². The number of methoxy groups -OCH3 is 1. The molecule has 3 unspecified atom stereocenters. The van der Waals surface area contributed by atoms with Crippen molar-refractivity contribution in [3.8, 4) is 0 Å². The predicted molar refractivity (Wildman–Crippen MR) is 166 cm³/mol. The third-order valence-electron chi connectivity index (χ3n) is 11.9. The van der Waals surface area contributed by atoms with E-state index >= 15 is 0 Å². The lowest BCUT2D eigenvalue weighted by atomic mass is 9.35. The van der Waals surface area contributed by atoms with Gasteiger partial charge in [0.25, 0.3) is 0 Å². The van der Waals surface area contributed by atoms with Gasteiger partial charge in [0.1, 0.15) is 23.1 Å². The molecule has 15 nitrogen and oxygen atoms in total. The van der Waals surface area contributed by atoms with Gasteiger partial charge in [-0.25, -0.2) is 27.5 Å². The SMILES string of the molecule is COC(=O)[C@@]12OCC34C([C@@H](O)[C@@H]1O)[C@@]1(C)CC5(CO5)C(OC(=O)C[C@H](C)NS(C)(=O)=O)=C(C)[C@@H]1C[C@@]3(C)OC(=O)[C@H](OC(=O)C=C(C)C)[C@H]42. The van der Waals surface area contributed by atoms with Crippen LogP contribution in [0.25, 0.3) is 0 Å². The van der Waals surface area contributed by atoms with Gasteiger partial charge in [-0.3, -0.25) is 4.79 Å². The summed E-state index contributed by atoms with van der Waals surface area (Å²) in [5.41, 5.74) is -5.88. The second kappa shape index (κ2) is 11.3.